The van der Waals surface area contributed by atoms with Crippen LogP contribution in [0.3, 0.4) is 0 Å². The summed E-state index contributed by atoms with van der Waals surface area (Å²) in [4.78, 5) is 0. The second-order valence-electron chi connectivity index (χ2n) is 3.60. The molecule has 0 aromatic carbocycles. The van der Waals surface area contributed by atoms with Crippen LogP contribution in [-0.2, 0) is 25.1 Å². The molecule has 0 N–H and O–H groups in total. The molecule has 0 amide bonds. The minimum Gasteiger partial charge on any atom is -0.312 e. The predicted octanol–water partition coefficient (Wildman–Crippen LogP) is 3.77. The van der Waals surface area contributed by atoms with Gasteiger partial charge in [-0.1, -0.05) is 46.0 Å². The van der Waals surface area contributed by atoms with Gasteiger partial charge in [0.15, 0.2) is 0 Å². The minimum absolute atomic E-state index is 0.194. The fourth-order valence-electron chi connectivity index (χ4n) is 1.21. The molecule has 0 saturated carbocycles. The maximum Gasteiger partial charge on any atom is 0.0617 e. The molecule has 1 unspecified atom stereocenters. The van der Waals surface area contributed by atoms with E-state index in [4.69, 9.17) is 15.4 Å². The van der Waals surface area contributed by atoms with Gasteiger partial charge in [0.1, 0.15) is 0 Å². The Labute approximate surface area is 96.4 Å². The second-order valence-corrected chi connectivity index (χ2v) is 5.96. The standard InChI is InChI=1S/C11H24OS2/c1-3-5-7-9-11-14(13)12-10-8-6-4-2/h3-11H2,1-2H3. The van der Waals surface area contributed by atoms with Crippen LogP contribution in [0.25, 0.3) is 0 Å². The molecule has 0 saturated heterocycles. The van der Waals surface area contributed by atoms with E-state index in [0.717, 1.165) is 12.4 Å². The van der Waals surface area contributed by atoms with E-state index in [1.54, 1.807) is 0 Å². The fourth-order valence-corrected chi connectivity index (χ4v) is 2.63. The topological polar surface area (TPSA) is 9.23 Å². The predicted molar refractivity (Wildman–Crippen MR) is 69.2 cm³/mol. The molecular formula is C11H24OS2. The van der Waals surface area contributed by atoms with Crippen molar-refractivity contribution in [2.24, 2.45) is 0 Å². The highest BCUT2D eigenvalue weighted by molar-refractivity contribution is 8.26. The van der Waals surface area contributed by atoms with Gasteiger partial charge in [-0.3, -0.25) is 0 Å². The van der Waals surface area contributed by atoms with Gasteiger partial charge in [0.05, 0.1) is 6.61 Å². The molecule has 14 heavy (non-hydrogen) atoms. The summed E-state index contributed by atoms with van der Waals surface area (Å²) in [5.74, 6) is 1.08. The highest BCUT2D eigenvalue weighted by Gasteiger charge is 1.95. The Bertz CT molecular complexity index is 123. The molecule has 0 bridgehead atoms. The average Bonchev–Trinajstić information content (AvgIpc) is 2.19. The largest absolute Gasteiger partial charge is 0.312 e. The van der Waals surface area contributed by atoms with Gasteiger partial charge in [-0.25, -0.2) is 0 Å². The molecule has 1 nitrogen and oxygen atoms in total. The third kappa shape index (κ3) is 10.6. The molecule has 1 atom stereocenters. The first-order chi connectivity index (χ1) is 6.81. The quantitative estimate of drug-likeness (QED) is 0.534. The number of hydrogen-bond acceptors (Lipinski definition) is 2. The molecule has 0 aliphatic heterocycles. The van der Waals surface area contributed by atoms with Gasteiger partial charge in [-0.2, -0.15) is 0 Å². The average molecular weight is 236 g/mol. The second kappa shape index (κ2) is 11.6. The lowest BCUT2D eigenvalue weighted by atomic mass is 10.2. The Kier molecular flexibility index (Phi) is 12.0. The van der Waals surface area contributed by atoms with Crippen molar-refractivity contribution in [3.63, 3.8) is 0 Å². The van der Waals surface area contributed by atoms with Crippen molar-refractivity contribution < 1.29 is 4.18 Å². The number of rotatable bonds is 10. The zero-order chi connectivity index (χ0) is 10.6. The monoisotopic (exact) mass is 236 g/mol. The van der Waals surface area contributed by atoms with Gasteiger partial charge in [-0.05, 0) is 24.0 Å². The summed E-state index contributed by atoms with van der Waals surface area (Å²) in [5, 5.41) is 0. The van der Waals surface area contributed by atoms with Gasteiger partial charge in [0, 0.05) is 15.5 Å². The smallest absolute Gasteiger partial charge is 0.0617 e. The van der Waals surface area contributed by atoms with Crippen LogP contribution in [-0.4, -0.2) is 12.4 Å². The molecule has 0 aromatic rings. The summed E-state index contributed by atoms with van der Waals surface area (Å²) in [7, 11) is -0.194. The summed E-state index contributed by atoms with van der Waals surface area (Å²) >= 11 is 5.24. The number of hydrogen-bond donors (Lipinski definition) is 0. The van der Waals surface area contributed by atoms with E-state index >= 15 is 0 Å². The lowest BCUT2D eigenvalue weighted by Crippen LogP contribution is -2.02. The third-order valence-electron chi connectivity index (χ3n) is 2.13. The Hall–Kier alpha value is 0.530. The molecular weight excluding hydrogens is 212 g/mol. The van der Waals surface area contributed by atoms with Gasteiger partial charge in [0.2, 0.25) is 0 Å². The van der Waals surface area contributed by atoms with E-state index in [0.29, 0.717) is 0 Å². The molecule has 0 aliphatic carbocycles. The minimum atomic E-state index is -0.194. The molecule has 3 heteroatoms. The van der Waals surface area contributed by atoms with Crippen LogP contribution in [0.2, 0.25) is 0 Å². The van der Waals surface area contributed by atoms with E-state index < -0.39 is 0 Å². The summed E-state index contributed by atoms with van der Waals surface area (Å²) in [6.45, 7) is 5.31. The van der Waals surface area contributed by atoms with Gasteiger partial charge in [-0.15, -0.1) is 0 Å². The number of unbranched alkanes of at least 4 members (excludes halogenated alkanes) is 5. The summed E-state index contributed by atoms with van der Waals surface area (Å²) in [6, 6.07) is 0. The lowest BCUT2D eigenvalue weighted by Gasteiger charge is -2.05. The maximum atomic E-state index is 5.57. The van der Waals surface area contributed by atoms with E-state index in [-0.39, 0.29) is 9.74 Å². The lowest BCUT2D eigenvalue weighted by molar-refractivity contribution is 0.353. The summed E-state index contributed by atoms with van der Waals surface area (Å²) in [5.41, 5.74) is 0. The summed E-state index contributed by atoms with van der Waals surface area (Å²) < 4.78 is 5.57. The Morgan fingerprint density at radius 3 is 2.21 bits per heavy atom. The molecule has 0 spiro atoms. The van der Waals surface area contributed by atoms with Crippen molar-refractivity contribution in [3.8, 4) is 0 Å². The zero-order valence-electron chi connectivity index (χ0n) is 9.59. The van der Waals surface area contributed by atoms with E-state index in [1.165, 1.54) is 44.9 Å². The fraction of sp³-hybridized carbons (Fsp3) is 1.00. The van der Waals surface area contributed by atoms with Crippen molar-refractivity contribution in [2.45, 2.75) is 58.8 Å². The molecule has 0 aliphatic rings. The van der Waals surface area contributed by atoms with Crippen molar-refractivity contribution >= 4 is 20.9 Å². The van der Waals surface area contributed by atoms with Crippen LogP contribution >= 0.6 is 0 Å². The van der Waals surface area contributed by atoms with Crippen molar-refractivity contribution in [3.05, 3.63) is 0 Å². The third-order valence-corrected chi connectivity index (χ3v) is 3.97. The van der Waals surface area contributed by atoms with Crippen LogP contribution in [0.4, 0.5) is 0 Å². The van der Waals surface area contributed by atoms with Gasteiger partial charge < -0.3 is 4.18 Å². The molecule has 0 radical (unpaired) electrons. The molecule has 0 fully saturated rings. The Morgan fingerprint density at radius 1 is 0.929 bits per heavy atom. The maximum absolute atomic E-state index is 5.57. The first kappa shape index (κ1) is 14.5. The van der Waals surface area contributed by atoms with Gasteiger partial charge in [0.25, 0.3) is 0 Å². The zero-order valence-corrected chi connectivity index (χ0v) is 11.2. The summed E-state index contributed by atoms with van der Waals surface area (Å²) in [6.07, 6.45) is 8.88. The Morgan fingerprint density at radius 2 is 1.57 bits per heavy atom. The van der Waals surface area contributed by atoms with E-state index in [2.05, 4.69) is 13.8 Å². The van der Waals surface area contributed by atoms with E-state index in [1.807, 2.05) is 0 Å². The Balaban J connectivity index is 3.11. The highest BCUT2D eigenvalue weighted by Crippen LogP contribution is 2.02. The van der Waals surface area contributed by atoms with Crippen molar-refractivity contribution in [1.29, 1.82) is 0 Å². The van der Waals surface area contributed by atoms with Crippen LogP contribution in [0.5, 0.6) is 0 Å². The molecule has 86 valence electrons. The normalized spacial score (nSPS) is 13.0. The highest BCUT2D eigenvalue weighted by atomic mass is 32.8. The first-order valence-electron chi connectivity index (χ1n) is 5.82. The van der Waals surface area contributed by atoms with Crippen LogP contribution < -0.4 is 0 Å². The molecule has 0 heterocycles. The SMILES string of the molecule is CCCCCCS(=S)OCCCCC. The molecule has 0 aromatic heterocycles. The van der Waals surface area contributed by atoms with Crippen LogP contribution in [0, 0.1) is 0 Å². The van der Waals surface area contributed by atoms with Crippen molar-refractivity contribution in [2.75, 3.05) is 12.4 Å². The first-order valence-corrected chi connectivity index (χ1v) is 8.07. The molecule has 0 rings (SSSR count). The van der Waals surface area contributed by atoms with Crippen LogP contribution in [0.1, 0.15) is 58.8 Å². The van der Waals surface area contributed by atoms with Crippen molar-refractivity contribution in [1.82, 2.24) is 0 Å². The van der Waals surface area contributed by atoms with Crippen LogP contribution in [0.15, 0.2) is 0 Å². The van der Waals surface area contributed by atoms with Gasteiger partial charge >= 0.3 is 0 Å². The van der Waals surface area contributed by atoms with E-state index in [9.17, 15) is 0 Å².